The molecule has 0 saturated carbocycles. The van der Waals surface area contributed by atoms with Crippen molar-refractivity contribution in [3.63, 3.8) is 0 Å². The van der Waals surface area contributed by atoms with E-state index in [-0.39, 0.29) is 23.8 Å². The first-order chi connectivity index (χ1) is 15.0. The average molecular weight is 417 g/mol. The van der Waals surface area contributed by atoms with Crippen molar-refractivity contribution < 1.29 is 13.6 Å². The number of nitrogens with one attached hydrogen (secondary N) is 1. The molecule has 31 heavy (non-hydrogen) atoms. The van der Waals surface area contributed by atoms with Crippen LogP contribution in [0.25, 0.3) is 21.8 Å². The van der Waals surface area contributed by atoms with Gasteiger partial charge in [0, 0.05) is 24.0 Å². The fourth-order valence-electron chi connectivity index (χ4n) is 2.74. The zero-order valence-electron chi connectivity index (χ0n) is 15.8. The van der Waals surface area contributed by atoms with E-state index in [4.69, 9.17) is 6.57 Å². The molecule has 1 amide bonds. The lowest BCUT2D eigenvalue weighted by Gasteiger charge is -2.07. The third-order valence-electron chi connectivity index (χ3n) is 4.29. The maximum Gasteiger partial charge on any atom is 0.305 e. The van der Waals surface area contributed by atoms with Gasteiger partial charge in [0.05, 0.1) is 29.8 Å². The Morgan fingerprint density at radius 3 is 2.68 bits per heavy atom. The van der Waals surface area contributed by atoms with E-state index in [9.17, 15) is 13.6 Å². The first kappa shape index (κ1) is 19.8. The fraction of sp³-hybridized carbons (Fsp3) is 0.0476. The second-order valence-corrected chi connectivity index (χ2v) is 6.31. The monoisotopic (exact) mass is 417 g/mol. The molecule has 0 spiro atoms. The molecule has 0 fully saturated rings. The number of pyridine rings is 3. The van der Waals surface area contributed by atoms with E-state index in [0.29, 0.717) is 16.9 Å². The number of aromatic nitrogens is 5. The highest BCUT2D eigenvalue weighted by molar-refractivity contribution is 5.92. The van der Waals surface area contributed by atoms with E-state index in [1.54, 1.807) is 30.5 Å². The zero-order valence-corrected chi connectivity index (χ0v) is 15.8. The lowest BCUT2D eigenvalue weighted by molar-refractivity contribution is 0.0945. The molecule has 0 aliphatic heterocycles. The first-order valence-electron chi connectivity index (χ1n) is 8.98. The van der Waals surface area contributed by atoms with E-state index in [0.717, 1.165) is 0 Å². The van der Waals surface area contributed by atoms with Gasteiger partial charge >= 0.3 is 5.82 Å². The van der Waals surface area contributed by atoms with Crippen molar-refractivity contribution >= 4 is 11.7 Å². The van der Waals surface area contributed by atoms with Crippen molar-refractivity contribution in [2.75, 3.05) is 0 Å². The minimum Gasteiger partial charge on any atom is -0.358 e. The molecular weight excluding hydrogens is 404 g/mol. The minimum atomic E-state index is -0.744. The molecule has 4 aromatic heterocycles. The summed E-state index contributed by atoms with van der Waals surface area (Å²) in [4.78, 5) is 26.8. The number of carbonyl (C=O) groups is 1. The van der Waals surface area contributed by atoms with Crippen LogP contribution < -0.4 is 5.32 Å². The zero-order chi connectivity index (χ0) is 21.8. The molecule has 8 nitrogen and oxygen atoms in total. The van der Waals surface area contributed by atoms with Gasteiger partial charge in [-0.2, -0.15) is 5.10 Å². The molecule has 0 saturated heterocycles. The van der Waals surface area contributed by atoms with Gasteiger partial charge in [-0.05, 0) is 24.3 Å². The van der Waals surface area contributed by atoms with Gasteiger partial charge in [0.1, 0.15) is 17.7 Å². The van der Waals surface area contributed by atoms with E-state index in [2.05, 4.69) is 30.2 Å². The highest BCUT2D eigenvalue weighted by atomic mass is 19.1. The van der Waals surface area contributed by atoms with E-state index in [1.807, 2.05) is 0 Å². The van der Waals surface area contributed by atoms with Crippen molar-refractivity contribution in [3.8, 4) is 16.9 Å². The predicted molar refractivity (Wildman–Crippen MR) is 106 cm³/mol. The lowest BCUT2D eigenvalue weighted by Crippen LogP contribution is -2.24. The van der Waals surface area contributed by atoms with Gasteiger partial charge < -0.3 is 10.2 Å². The first-order valence-corrected chi connectivity index (χ1v) is 8.98. The molecule has 0 aromatic carbocycles. The number of hydrogen-bond donors (Lipinski definition) is 1. The van der Waals surface area contributed by atoms with Crippen LogP contribution in [0, 0.1) is 18.2 Å². The molecule has 0 bridgehead atoms. The summed E-state index contributed by atoms with van der Waals surface area (Å²) in [6, 6.07) is 8.91. The van der Waals surface area contributed by atoms with Gasteiger partial charge in [-0.1, -0.05) is 12.6 Å². The van der Waals surface area contributed by atoms with Gasteiger partial charge in [-0.3, -0.25) is 14.8 Å². The number of rotatable bonds is 5. The summed E-state index contributed by atoms with van der Waals surface area (Å²) in [6.45, 7) is 6.74. The van der Waals surface area contributed by atoms with Crippen LogP contribution in [0.5, 0.6) is 0 Å². The van der Waals surface area contributed by atoms with Crippen molar-refractivity contribution in [1.29, 1.82) is 0 Å². The Morgan fingerprint density at radius 2 is 1.97 bits per heavy atom. The second-order valence-electron chi connectivity index (χ2n) is 6.31. The largest absolute Gasteiger partial charge is 0.358 e. The summed E-state index contributed by atoms with van der Waals surface area (Å²) in [7, 11) is 0. The average Bonchev–Trinajstić information content (AvgIpc) is 3.29. The minimum absolute atomic E-state index is 0.0569. The summed E-state index contributed by atoms with van der Waals surface area (Å²) in [5.41, 5.74) is 1.40. The Balaban J connectivity index is 1.49. The summed E-state index contributed by atoms with van der Waals surface area (Å²) in [5.74, 6) is -2.12. The van der Waals surface area contributed by atoms with Gasteiger partial charge in [-0.25, -0.2) is 13.5 Å². The topological polar surface area (TPSA) is 90.0 Å². The molecule has 0 unspecified atom stereocenters. The van der Waals surface area contributed by atoms with E-state index < -0.39 is 17.5 Å². The summed E-state index contributed by atoms with van der Waals surface area (Å²) in [5, 5.41) is 6.85. The molecular formula is C21H13F2N7O. The molecule has 0 aliphatic rings. The van der Waals surface area contributed by atoms with Crippen molar-refractivity contribution in [1.82, 2.24) is 30.0 Å². The molecule has 0 aliphatic carbocycles. The van der Waals surface area contributed by atoms with Crippen molar-refractivity contribution in [2.45, 2.75) is 6.54 Å². The SMILES string of the molecule is [C-]#[N+]c1ncc(-c2ccn(-c3cnc(CNC(=O)c4ccccn4)c(F)c3)n2)cc1F. The maximum atomic E-state index is 14.5. The molecule has 4 aromatic rings. The molecule has 4 heterocycles. The maximum absolute atomic E-state index is 14.5. The molecule has 0 radical (unpaired) electrons. The predicted octanol–water partition coefficient (Wildman–Crippen LogP) is 3.48. The van der Waals surface area contributed by atoms with Crippen LogP contribution in [0.15, 0.2) is 61.2 Å². The quantitative estimate of drug-likeness (QED) is 0.502. The number of halogens is 2. The van der Waals surface area contributed by atoms with Crippen LogP contribution in [0.2, 0.25) is 0 Å². The highest BCUT2D eigenvalue weighted by Crippen LogP contribution is 2.23. The van der Waals surface area contributed by atoms with Gasteiger partial charge in [0.2, 0.25) is 0 Å². The summed E-state index contributed by atoms with van der Waals surface area (Å²) >= 11 is 0. The Labute approximate surface area is 175 Å². The van der Waals surface area contributed by atoms with Crippen LogP contribution >= 0.6 is 0 Å². The summed E-state index contributed by atoms with van der Waals surface area (Å²) in [6.07, 6.45) is 5.80. The molecule has 10 heteroatoms. The van der Waals surface area contributed by atoms with E-state index >= 15 is 0 Å². The standard InChI is InChI=1S/C21H13F2N7O/c1-24-20-16(23)8-13(10-27-20)17-5-7-30(29-17)14-9-15(22)19(26-11-14)12-28-21(31)18-4-2-3-6-25-18/h2-11H,12H2,(H,28,31). The Hall–Kier alpha value is -4.52. The second kappa shape index (κ2) is 8.46. The van der Waals surface area contributed by atoms with Crippen molar-refractivity contribution in [2.24, 2.45) is 0 Å². The van der Waals surface area contributed by atoms with Gasteiger partial charge in [0.15, 0.2) is 5.82 Å². The Bertz CT molecular complexity index is 1300. The Kier molecular flexibility index (Phi) is 5.40. The van der Waals surface area contributed by atoms with Crippen LogP contribution in [0.3, 0.4) is 0 Å². The number of amides is 1. The number of nitrogens with zero attached hydrogens (tertiary/aromatic N) is 6. The highest BCUT2D eigenvalue weighted by Gasteiger charge is 2.13. The molecule has 1 N–H and O–H groups in total. The third kappa shape index (κ3) is 4.25. The van der Waals surface area contributed by atoms with Gasteiger partial charge in [0.25, 0.3) is 5.91 Å². The lowest BCUT2D eigenvalue weighted by atomic mass is 10.2. The molecule has 0 atom stereocenters. The molecule has 4 rings (SSSR count). The van der Waals surface area contributed by atoms with Crippen LogP contribution in [-0.2, 0) is 6.54 Å². The van der Waals surface area contributed by atoms with Crippen LogP contribution in [0.1, 0.15) is 16.2 Å². The molecule has 152 valence electrons. The van der Waals surface area contributed by atoms with Gasteiger partial charge in [-0.15, -0.1) is 4.98 Å². The third-order valence-corrected chi connectivity index (χ3v) is 4.29. The number of hydrogen-bond acceptors (Lipinski definition) is 5. The van der Waals surface area contributed by atoms with Crippen LogP contribution in [-0.4, -0.2) is 30.6 Å². The summed E-state index contributed by atoms with van der Waals surface area (Å²) < 4.78 is 29.7. The normalized spacial score (nSPS) is 10.5. The van der Waals surface area contributed by atoms with E-state index in [1.165, 1.54) is 35.4 Å². The van der Waals surface area contributed by atoms with Crippen LogP contribution in [0.4, 0.5) is 14.6 Å². The Morgan fingerprint density at radius 1 is 1.10 bits per heavy atom. The number of carbonyl (C=O) groups excluding carboxylic acids is 1. The smallest absolute Gasteiger partial charge is 0.305 e. The fourth-order valence-corrected chi connectivity index (χ4v) is 2.74. The van der Waals surface area contributed by atoms with Crippen molar-refractivity contribution in [3.05, 3.63) is 95.6 Å².